The fraction of sp³-hybridized carbons (Fsp3) is 0.241. The van der Waals surface area contributed by atoms with Gasteiger partial charge in [0.25, 0.3) is 0 Å². The highest BCUT2D eigenvalue weighted by Crippen LogP contribution is 2.51. The van der Waals surface area contributed by atoms with Crippen LogP contribution in [-0.4, -0.2) is 43.4 Å². The first-order chi connectivity index (χ1) is 17.9. The second-order valence-corrected chi connectivity index (χ2v) is 9.55. The van der Waals surface area contributed by atoms with Gasteiger partial charge in [0.2, 0.25) is 11.8 Å². The lowest BCUT2D eigenvalue weighted by Gasteiger charge is -2.16. The van der Waals surface area contributed by atoms with E-state index in [0.717, 1.165) is 46.6 Å². The Kier molecular flexibility index (Phi) is 5.41. The topological polar surface area (TPSA) is 99.2 Å². The second kappa shape index (κ2) is 8.79. The molecule has 0 spiro atoms. The van der Waals surface area contributed by atoms with Gasteiger partial charge in [-0.1, -0.05) is 30.7 Å². The van der Waals surface area contributed by atoms with Crippen LogP contribution in [0.1, 0.15) is 11.4 Å². The lowest BCUT2D eigenvalue weighted by atomic mass is 10.0. The van der Waals surface area contributed by atoms with Gasteiger partial charge in [-0.2, -0.15) is 0 Å². The molecule has 2 fully saturated rings. The summed E-state index contributed by atoms with van der Waals surface area (Å²) in [5, 5.41) is 0.780. The van der Waals surface area contributed by atoms with Crippen LogP contribution in [0.3, 0.4) is 0 Å². The molecule has 6 rings (SSSR count). The summed E-state index contributed by atoms with van der Waals surface area (Å²) < 4.78 is 7.91. The molecule has 0 radical (unpaired) electrons. The minimum Gasteiger partial charge on any atom is -0.439 e. The third-order valence-corrected chi connectivity index (χ3v) is 7.26. The summed E-state index contributed by atoms with van der Waals surface area (Å²) in [7, 11) is 1.95. The number of likely N-dealkylation sites (tertiary alicyclic amines) is 1. The van der Waals surface area contributed by atoms with Crippen LogP contribution < -0.4 is 10.5 Å². The molecular formula is C29H26N6O2. The highest BCUT2D eigenvalue weighted by Gasteiger charge is 2.55. The number of pyridine rings is 1. The molecule has 1 aliphatic heterocycles. The first-order valence-corrected chi connectivity index (χ1v) is 12.2. The number of fused-ring (bicyclic) bond motifs is 2. The van der Waals surface area contributed by atoms with Crippen LogP contribution in [-0.2, 0) is 11.8 Å². The molecule has 4 aromatic rings. The highest BCUT2D eigenvalue weighted by atomic mass is 16.5. The van der Waals surface area contributed by atoms with E-state index >= 15 is 0 Å². The molecule has 1 unspecified atom stereocenters. The van der Waals surface area contributed by atoms with E-state index in [1.807, 2.05) is 65.9 Å². The fourth-order valence-electron chi connectivity index (χ4n) is 5.29. The van der Waals surface area contributed by atoms with Gasteiger partial charge in [0.15, 0.2) is 0 Å². The van der Waals surface area contributed by atoms with Gasteiger partial charge in [0.1, 0.15) is 29.2 Å². The normalized spacial score (nSPS) is 19.7. The molecule has 1 saturated heterocycles. The fourth-order valence-corrected chi connectivity index (χ4v) is 5.29. The number of ether oxygens (including phenoxy) is 1. The minimum atomic E-state index is -0.00506. The SMILES string of the molecule is C=CC(=O)N1C[C@@H]2C(C#Cc3c(-c4ccc(Oc5cccc(C)n5)cc4)c4c(N)ncnc4n3C)[C@@H]2C1. The van der Waals surface area contributed by atoms with Crippen molar-refractivity contribution >= 4 is 22.8 Å². The number of rotatable bonds is 4. The number of nitrogens with zero attached hydrogens (tertiary/aromatic N) is 5. The molecule has 3 atom stereocenters. The molecule has 8 heteroatoms. The number of aromatic nitrogens is 4. The van der Waals surface area contributed by atoms with Gasteiger partial charge in [0, 0.05) is 43.4 Å². The van der Waals surface area contributed by atoms with Crippen molar-refractivity contribution in [2.24, 2.45) is 24.8 Å². The maximum absolute atomic E-state index is 11.9. The number of hydrogen-bond donors (Lipinski definition) is 1. The molecule has 1 aromatic carbocycles. The molecule has 2 aliphatic rings. The number of benzene rings is 1. The number of piperidine rings is 1. The van der Waals surface area contributed by atoms with E-state index in [1.54, 1.807) is 0 Å². The van der Waals surface area contributed by atoms with E-state index < -0.39 is 0 Å². The van der Waals surface area contributed by atoms with Gasteiger partial charge >= 0.3 is 0 Å². The summed E-state index contributed by atoms with van der Waals surface area (Å²) in [4.78, 5) is 26.9. The maximum atomic E-state index is 11.9. The van der Waals surface area contributed by atoms with Gasteiger partial charge in [0.05, 0.1) is 5.39 Å². The van der Waals surface area contributed by atoms with Gasteiger partial charge in [-0.15, -0.1) is 0 Å². The number of nitrogens with two attached hydrogens (primary N) is 1. The molecule has 8 nitrogen and oxygen atoms in total. The Labute approximate surface area is 214 Å². The molecular weight excluding hydrogens is 464 g/mol. The van der Waals surface area contributed by atoms with E-state index in [-0.39, 0.29) is 11.8 Å². The molecule has 1 aliphatic carbocycles. The van der Waals surface area contributed by atoms with Crippen LogP contribution in [0, 0.1) is 36.5 Å². The molecule has 1 saturated carbocycles. The highest BCUT2D eigenvalue weighted by molar-refractivity contribution is 6.03. The standard InChI is InChI=1S/C29H26N6O2/c1-4-25(36)35-14-21-20(22(21)15-35)12-13-23-26(27-28(30)31-16-32-29(27)34(23)3)18-8-10-19(11-9-18)37-24-7-5-6-17(2)33-24/h4-11,16,20-22H,1,14-15H2,2-3H3,(H2,30,31,32)/t20?,21-,22+. The van der Waals surface area contributed by atoms with Crippen molar-refractivity contribution in [3.63, 3.8) is 0 Å². The monoisotopic (exact) mass is 490 g/mol. The van der Waals surface area contributed by atoms with Gasteiger partial charge in [-0.25, -0.2) is 15.0 Å². The van der Waals surface area contributed by atoms with Crippen LogP contribution in [0.4, 0.5) is 5.82 Å². The lowest BCUT2D eigenvalue weighted by molar-refractivity contribution is -0.125. The van der Waals surface area contributed by atoms with Crippen molar-refractivity contribution in [3.8, 4) is 34.6 Å². The molecule has 1 amide bonds. The Hall–Kier alpha value is -4.64. The Bertz CT molecular complexity index is 1600. The second-order valence-electron chi connectivity index (χ2n) is 9.55. The Morgan fingerprint density at radius 3 is 2.62 bits per heavy atom. The van der Waals surface area contributed by atoms with Crippen LogP contribution in [0.15, 0.2) is 61.4 Å². The van der Waals surface area contributed by atoms with Crippen molar-refractivity contribution in [2.75, 3.05) is 18.8 Å². The van der Waals surface area contributed by atoms with Crippen molar-refractivity contribution in [3.05, 3.63) is 72.8 Å². The third-order valence-electron chi connectivity index (χ3n) is 7.26. The van der Waals surface area contributed by atoms with Crippen molar-refractivity contribution < 1.29 is 9.53 Å². The number of aryl methyl sites for hydroxylation is 2. The number of carbonyl (C=O) groups excluding carboxylic acids is 1. The quantitative estimate of drug-likeness (QED) is 0.344. The zero-order chi connectivity index (χ0) is 25.7. The summed E-state index contributed by atoms with van der Waals surface area (Å²) in [6.45, 7) is 7.00. The maximum Gasteiger partial charge on any atom is 0.245 e. The molecule has 37 heavy (non-hydrogen) atoms. The molecule has 4 heterocycles. The number of amides is 1. The predicted molar refractivity (Wildman–Crippen MR) is 142 cm³/mol. The van der Waals surface area contributed by atoms with Crippen molar-refractivity contribution in [2.45, 2.75) is 6.92 Å². The zero-order valence-electron chi connectivity index (χ0n) is 20.7. The van der Waals surface area contributed by atoms with Gasteiger partial charge in [-0.3, -0.25) is 4.79 Å². The lowest BCUT2D eigenvalue weighted by Crippen LogP contribution is -2.29. The van der Waals surface area contributed by atoms with E-state index in [1.165, 1.54) is 12.4 Å². The number of carbonyl (C=O) groups is 1. The number of nitrogen functional groups attached to an aromatic ring is 1. The smallest absolute Gasteiger partial charge is 0.245 e. The Morgan fingerprint density at radius 1 is 1.16 bits per heavy atom. The summed E-state index contributed by atoms with van der Waals surface area (Å²) in [6, 6.07) is 13.5. The van der Waals surface area contributed by atoms with E-state index in [9.17, 15) is 4.79 Å². The van der Waals surface area contributed by atoms with E-state index in [0.29, 0.717) is 29.3 Å². The van der Waals surface area contributed by atoms with Crippen LogP contribution in [0.5, 0.6) is 11.6 Å². The molecule has 2 N–H and O–H groups in total. The van der Waals surface area contributed by atoms with Crippen LogP contribution in [0.2, 0.25) is 0 Å². The summed E-state index contributed by atoms with van der Waals surface area (Å²) in [5.41, 5.74) is 10.6. The molecule has 184 valence electrons. The molecule has 0 bridgehead atoms. The van der Waals surface area contributed by atoms with Crippen molar-refractivity contribution in [1.29, 1.82) is 0 Å². The van der Waals surface area contributed by atoms with Gasteiger partial charge in [-0.05, 0) is 54.5 Å². The van der Waals surface area contributed by atoms with E-state index in [2.05, 4.69) is 33.4 Å². The summed E-state index contributed by atoms with van der Waals surface area (Å²) in [6.07, 6.45) is 2.85. The van der Waals surface area contributed by atoms with E-state index in [4.69, 9.17) is 10.5 Å². The third kappa shape index (κ3) is 3.99. The Morgan fingerprint density at radius 2 is 1.92 bits per heavy atom. The predicted octanol–water partition coefficient (Wildman–Crippen LogP) is 3.96. The number of anilines is 1. The van der Waals surface area contributed by atoms with Crippen LogP contribution in [0.25, 0.3) is 22.2 Å². The number of hydrogen-bond acceptors (Lipinski definition) is 6. The average molecular weight is 491 g/mol. The summed E-state index contributed by atoms with van der Waals surface area (Å²) >= 11 is 0. The minimum absolute atomic E-state index is 0.00506. The largest absolute Gasteiger partial charge is 0.439 e. The summed E-state index contributed by atoms with van der Waals surface area (Å²) in [5.74, 6) is 9.67. The van der Waals surface area contributed by atoms with Crippen LogP contribution >= 0.6 is 0 Å². The first-order valence-electron chi connectivity index (χ1n) is 12.2. The molecule has 3 aromatic heterocycles. The van der Waals surface area contributed by atoms with Gasteiger partial charge < -0.3 is 19.9 Å². The van der Waals surface area contributed by atoms with Crippen molar-refractivity contribution in [1.82, 2.24) is 24.4 Å². The first kappa shape index (κ1) is 22.8. The zero-order valence-corrected chi connectivity index (χ0v) is 20.7. The Balaban J connectivity index is 1.33. The average Bonchev–Trinajstić information content (AvgIpc) is 3.20.